The van der Waals surface area contributed by atoms with Gasteiger partial charge in [0.2, 0.25) is 0 Å². The second-order valence-electron chi connectivity index (χ2n) is 4.23. The van der Waals surface area contributed by atoms with Crippen LogP contribution in [-0.4, -0.2) is 18.8 Å². The summed E-state index contributed by atoms with van der Waals surface area (Å²) in [4.78, 5) is 0. The molecule has 80 valence electrons. The molecule has 2 nitrogen and oxygen atoms in total. The lowest BCUT2D eigenvalue weighted by Gasteiger charge is -2.34. The predicted molar refractivity (Wildman–Crippen MR) is 57.8 cm³/mol. The van der Waals surface area contributed by atoms with Gasteiger partial charge in [0.25, 0.3) is 0 Å². The Labute approximate surface area is 82.8 Å². The average molecular weight is 187 g/mol. The summed E-state index contributed by atoms with van der Waals surface area (Å²) in [6.07, 6.45) is 3.22. The van der Waals surface area contributed by atoms with E-state index in [1.54, 1.807) is 7.11 Å². The van der Waals surface area contributed by atoms with Crippen molar-refractivity contribution in [2.45, 2.75) is 58.6 Å². The van der Waals surface area contributed by atoms with Crippen LogP contribution < -0.4 is 5.73 Å². The number of nitrogens with two attached hydrogens (primary N) is 1. The number of hydrogen-bond acceptors (Lipinski definition) is 2. The van der Waals surface area contributed by atoms with Crippen LogP contribution in [0, 0.1) is 5.92 Å². The molecule has 13 heavy (non-hydrogen) atoms. The smallest absolute Gasteiger partial charge is 0.0798 e. The zero-order valence-electron chi connectivity index (χ0n) is 9.76. The summed E-state index contributed by atoms with van der Waals surface area (Å²) in [5.41, 5.74) is 5.98. The summed E-state index contributed by atoms with van der Waals surface area (Å²) in [5, 5.41) is 0. The molecule has 0 spiro atoms. The van der Waals surface area contributed by atoms with E-state index in [0.717, 1.165) is 12.8 Å². The number of ether oxygens (including phenoxy) is 1. The average Bonchev–Trinajstić information content (AvgIpc) is 2.16. The van der Waals surface area contributed by atoms with E-state index in [-0.39, 0.29) is 11.6 Å². The first-order valence-corrected chi connectivity index (χ1v) is 5.30. The molecule has 0 fully saturated rings. The molecule has 0 heterocycles. The lowest BCUT2D eigenvalue weighted by molar-refractivity contribution is -0.0238. The van der Waals surface area contributed by atoms with Gasteiger partial charge in [0.1, 0.15) is 0 Å². The molecule has 0 aromatic heterocycles. The highest BCUT2D eigenvalue weighted by Crippen LogP contribution is 2.23. The van der Waals surface area contributed by atoms with Crippen LogP contribution >= 0.6 is 0 Å². The molecule has 0 bridgehead atoms. The Hall–Kier alpha value is -0.0800. The lowest BCUT2D eigenvalue weighted by atomic mass is 9.86. The lowest BCUT2D eigenvalue weighted by Crippen LogP contribution is -2.47. The molecule has 0 aliphatic heterocycles. The highest BCUT2D eigenvalue weighted by atomic mass is 16.5. The van der Waals surface area contributed by atoms with Gasteiger partial charge in [-0.25, -0.2) is 0 Å². The quantitative estimate of drug-likeness (QED) is 0.693. The maximum absolute atomic E-state index is 6.12. The largest absolute Gasteiger partial charge is 0.377 e. The van der Waals surface area contributed by atoms with Crippen molar-refractivity contribution in [3.05, 3.63) is 0 Å². The molecule has 0 saturated heterocycles. The number of methoxy groups -OCH3 is 1. The van der Waals surface area contributed by atoms with Gasteiger partial charge in [-0.05, 0) is 25.7 Å². The first kappa shape index (κ1) is 12.9. The van der Waals surface area contributed by atoms with Gasteiger partial charge < -0.3 is 10.5 Å². The van der Waals surface area contributed by atoms with Crippen LogP contribution in [0.2, 0.25) is 0 Å². The van der Waals surface area contributed by atoms with E-state index in [0.29, 0.717) is 5.92 Å². The zero-order chi connectivity index (χ0) is 10.5. The summed E-state index contributed by atoms with van der Waals surface area (Å²) in [6.45, 7) is 8.67. The van der Waals surface area contributed by atoms with Crippen molar-refractivity contribution in [1.82, 2.24) is 0 Å². The van der Waals surface area contributed by atoms with Crippen LogP contribution in [0.1, 0.15) is 47.0 Å². The minimum atomic E-state index is -0.149. The third-order valence-corrected chi connectivity index (χ3v) is 3.31. The van der Waals surface area contributed by atoms with Crippen LogP contribution in [-0.2, 0) is 4.74 Å². The third kappa shape index (κ3) is 3.65. The topological polar surface area (TPSA) is 35.2 Å². The Morgan fingerprint density at radius 1 is 1.38 bits per heavy atom. The molecule has 0 aliphatic rings. The maximum Gasteiger partial charge on any atom is 0.0798 e. The zero-order valence-corrected chi connectivity index (χ0v) is 9.76. The Morgan fingerprint density at radius 2 is 1.92 bits per heavy atom. The fraction of sp³-hybridized carbons (Fsp3) is 1.00. The van der Waals surface area contributed by atoms with Crippen molar-refractivity contribution in [3.8, 4) is 0 Å². The summed E-state index contributed by atoms with van der Waals surface area (Å²) >= 11 is 0. The van der Waals surface area contributed by atoms with Gasteiger partial charge in [0, 0.05) is 13.2 Å². The molecule has 0 radical (unpaired) electrons. The second-order valence-corrected chi connectivity index (χ2v) is 4.23. The highest BCUT2D eigenvalue weighted by molar-refractivity contribution is 4.86. The molecule has 0 saturated carbocycles. The standard InChI is InChI=1S/C11H25NO/c1-6-9(3)8-10(12)11(4,7-2)13-5/h9-10H,6-8,12H2,1-5H3. The molecule has 3 atom stereocenters. The van der Waals surface area contributed by atoms with E-state index in [4.69, 9.17) is 10.5 Å². The molecular weight excluding hydrogens is 162 g/mol. The van der Waals surface area contributed by atoms with E-state index >= 15 is 0 Å². The molecule has 0 aromatic rings. The van der Waals surface area contributed by atoms with Crippen LogP contribution in [0.5, 0.6) is 0 Å². The molecule has 0 aliphatic carbocycles. The van der Waals surface area contributed by atoms with Crippen LogP contribution in [0.15, 0.2) is 0 Å². The molecule has 0 amide bonds. The summed E-state index contributed by atoms with van der Waals surface area (Å²) in [7, 11) is 1.75. The van der Waals surface area contributed by atoms with Crippen molar-refractivity contribution in [2.75, 3.05) is 7.11 Å². The SMILES string of the molecule is CCC(C)CC(N)C(C)(CC)OC. The highest BCUT2D eigenvalue weighted by Gasteiger charge is 2.30. The summed E-state index contributed by atoms with van der Waals surface area (Å²) < 4.78 is 5.47. The van der Waals surface area contributed by atoms with Gasteiger partial charge in [-0.15, -0.1) is 0 Å². The van der Waals surface area contributed by atoms with Crippen molar-refractivity contribution in [1.29, 1.82) is 0 Å². The first-order valence-electron chi connectivity index (χ1n) is 5.30. The number of rotatable bonds is 6. The Bertz CT molecular complexity index is 132. The number of hydrogen-bond donors (Lipinski definition) is 1. The summed E-state index contributed by atoms with van der Waals surface area (Å²) in [6, 6.07) is 0.150. The van der Waals surface area contributed by atoms with E-state index in [9.17, 15) is 0 Å². The molecule has 0 rings (SSSR count). The van der Waals surface area contributed by atoms with Crippen LogP contribution in [0.4, 0.5) is 0 Å². The first-order chi connectivity index (χ1) is 6.00. The van der Waals surface area contributed by atoms with E-state index < -0.39 is 0 Å². The Balaban J connectivity index is 4.13. The Morgan fingerprint density at radius 3 is 2.23 bits per heavy atom. The Kier molecular flexibility index (Phi) is 5.57. The van der Waals surface area contributed by atoms with E-state index in [1.807, 2.05) is 0 Å². The van der Waals surface area contributed by atoms with Gasteiger partial charge in [-0.3, -0.25) is 0 Å². The monoisotopic (exact) mass is 187 g/mol. The molecule has 2 heteroatoms. The maximum atomic E-state index is 6.12. The van der Waals surface area contributed by atoms with Crippen molar-refractivity contribution in [2.24, 2.45) is 11.7 Å². The van der Waals surface area contributed by atoms with Gasteiger partial charge in [0.05, 0.1) is 5.60 Å². The summed E-state index contributed by atoms with van der Waals surface area (Å²) in [5.74, 6) is 0.691. The fourth-order valence-corrected chi connectivity index (χ4v) is 1.41. The van der Waals surface area contributed by atoms with Crippen molar-refractivity contribution >= 4 is 0 Å². The predicted octanol–water partition coefficient (Wildman–Crippen LogP) is 2.57. The van der Waals surface area contributed by atoms with Crippen molar-refractivity contribution in [3.63, 3.8) is 0 Å². The van der Waals surface area contributed by atoms with Gasteiger partial charge in [-0.1, -0.05) is 27.2 Å². The minimum Gasteiger partial charge on any atom is -0.377 e. The fourth-order valence-electron chi connectivity index (χ4n) is 1.41. The van der Waals surface area contributed by atoms with Gasteiger partial charge in [0.15, 0.2) is 0 Å². The third-order valence-electron chi connectivity index (χ3n) is 3.31. The van der Waals surface area contributed by atoms with E-state index in [2.05, 4.69) is 27.7 Å². The van der Waals surface area contributed by atoms with E-state index in [1.165, 1.54) is 6.42 Å². The molecular formula is C11H25NO. The second kappa shape index (κ2) is 5.61. The van der Waals surface area contributed by atoms with Gasteiger partial charge >= 0.3 is 0 Å². The van der Waals surface area contributed by atoms with Gasteiger partial charge in [-0.2, -0.15) is 0 Å². The van der Waals surface area contributed by atoms with Crippen LogP contribution in [0.25, 0.3) is 0 Å². The normalized spacial score (nSPS) is 20.8. The van der Waals surface area contributed by atoms with Crippen molar-refractivity contribution < 1.29 is 4.74 Å². The molecule has 2 N–H and O–H groups in total. The minimum absolute atomic E-state index is 0.149. The molecule has 3 unspecified atom stereocenters. The van der Waals surface area contributed by atoms with Crippen LogP contribution in [0.3, 0.4) is 0 Å². The molecule has 0 aromatic carbocycles.